The van der Waals surface area contributed by atoms with Crippen molar-refractivity contribution in [1.29, 1.82) is 0 Å². The zero-order valence-electron chi connectivity index (χ0n) is 34.3. The van der Waals surface area contributed by atoms with Crippen LogP contribution in [0, 0.1) is 0 Å². The summed E-state index contributed by atoms with van der Waals surface area (Å²) in [6, 6.07) is 83.6. The molecule has 0 heterocycles. The molecule has 0 N–H and O–H groups in total. The van der Waals surface area contributed by atoms with Crippen LogP contribution in [0.5, 0.6) is 0 Å². The van der Waals surface area contributed by atoms with Crippen LogP contribution in [0.1, 0.15) is 47.2 Å². The van der Waals surface area contributed by atoms with E-state index in [-0.39, 0.29) is 5.41 Å². The van der Waals surface area contributed by atoms with Crippen molar-refractivity contribution >= 4 is 38.6 Å². The molecule has 0 aliphatic heterocycles. The Labute approximate surface area is 357 Å². The SMILES string of the molecule is CC1(C)c2ccccc2-c2cccc(N(c3ccc(-c4ccc5c(ccc6ccccc65)c4)cc3)c3ccc4c(c3)C(c3ccccc3)(c3ccccc3)c3ccccc3-4)c21. The summed E-state index contributed by atoms with van der Waals surface area (Å²) in [7, 11) is 0. The Morgan fingerprint density at radius 1 is 0.344 bits per heavy atom. The number of hydrogen-bond acceptors (Lipinski definition) is 1. The standard InChI is InChI=1S/C60H43N/c1-59(2)54-25-13-11-23-51(54)53-24-15-27-57(58(53)59)61(46-33-30-40(31-34-46)42-32-36-49-43(38-42)29-28-41-16-9-10-21-48(41)49)47-35-37-52-50-22-12-14-26-55(50)60(56(52)39-47,44-17-5-3-6-18-44)45-19-7-4-8-20-45/h3-39H,1-2H3. The first-order chi connectivity index (χ1) is 30.0. The summed E-state index contributed by atoms with van der Waals surface area (Å²) in [6.45, 7) is 4.78. The van der Waals surface area contributed by atoms with Crippen LogP contribution in [0.3, 0.4) is 0 Å². The minimum atomic E-state index is -0.504. The van der Waals surface area contributed by atoms with E-state index >= 15 is 0 Å². The summed E-state index contributed by atoms with van der Waals surface area (Å²) in [5.74, 6) is 0. The fourth-order valence-corrected chi connectivity index (χ4v) is 11.0. The van der Waals surface area contributed by atoms with E-state index in [1.54, 1.807) is 0 Å². The number of anilines is 3. The van der Waals surface area contributed by atoms with Crippen molar-refractivity contribution in [3.05, 3.63) is 258 Å². The monoisotopic (exact) mass is 777 g/mol. The maximum atomic E-state index is 2.52. The summed E-state index contributed by atoms with van der Waals surface area (Å²) in [5.41, 5.74) is 18.2. The van der Waals surface area contributed by atoms with Crippen LogP contribution in [0.25, 0.3) is 54.9 Å². The van der Waals surface area contributed by atoms with E-state index < -0.39 is 5.41 Å². The van der Waals surface area contributed by atoms with Crippen molar-refractivity contribution in [2.45, 2.75) is 24.7 Å². The molecule has 2 aliphatic rings. The minimum absolute atomic E-state index is 0.208. The molecule has 288 valence electrons. The van der Waals surface area contributed by atoms with E-state index in [4.69, 9.17) is 0 Å². The van der Waals surface area contributed by atoms with Crippen molar-refractivity contribution in [1.82, 2.24) is 0 Å². The van der Waals surface area contributed by atoms with Gasteiger partial charge in [0.2, 0.25) is 0 Å². The summed E-state index contributed by atoms with van der Waals surface area (Å²) in [5, 5.41) is 5.10. The van der Waals surface area contributed by atoms with Gasteiger partial charge >= 0.3 is 0 Å². The highest BCUT2D eigenvalue weighted by molar-refractivity contribution is 6.08. The van der Waals surface area contributed by atoms with Crippen molar-refractivity contribution in [3.8, 4) is 33.4 Å². The molecule has 1 nitrogen and oxygen atoms in total. The quantitative estimate of drug-likeness (QED) is 0.152. The van der Waals surface area contributed by atoms with Crippen molar-refractivity contribution in [2.24, 2.45) is 0 Å². The van der Waals surface area contributed by atoms with Crippen molar-refractivity contribution in [2.75, 3.05) is 4.90 Å². The predicted octanol–water partition coefficient (Wildman–Crippen LogP) is 15.8. The number of fused-ring (bicyclic) bond motifs is 9. The largest absolute Gasteiger partial charge is 0.310 e. The molecule has 0 aromatic heterocycles. The lowest BCUT2D eigenvalue weighted by atomic mass is 9.67. The number of nitrogens with zero attached hydrogens (tertiary/aromatic N) is 1. The van der Waals surface area contributed by atoms with Crippen LogP contribution in [0.15, 0.2) is 224 Å². The molecule has 0 unspecified atom stereocenters. The van der Waals surface area contributed by atoms with Crippen molar-refractivity contribution in [3.63, 3.8) is 0 Å². The second-order valence-electron chi connectivity index (χ2n) is 17.2. The van der Waals surface area contributed by atoms with Gasteiger partial charge in [-0.25, -0.2) is 0 Å². The average Bonchev–Trinajstić information content (AvgIpc) is 3.75. The smallest absolute Gasteiger partial charge is 0.0714 e. The molecule has 10 aromatic rings. The topological polar surface area (TPSA) is 3.24 Å². The molecular formula is C60H43N. The Kier molecular flexibility index (Phi) is 7.86. The lowest BCUT2D eigenvalue weighted by molar-refractivity contribution is 0.661. The first-order valence-corrected chi connectivity index (χ1v) is 21.4. The van der Waals surface area contributed by atoms with Crippen LogP contribution in [0.4, 0.5) is 17.1 Å². The normalized spacial score (nSPS) is 14.0. The third-order valence-electron chi connectivity index (χ3n) is 13.7. The van der Waals surface area contributed by atoms with Gasteiger partial charge in [-0.2, -0.15) is 0 Å². The third-order valence-corrected chi connectivity index (χ3v) is 13.7. The van der Waals surface area contributed by atoms with Crippen molar-refractivity contribution < 1.29 is 0 Å². The highest BCUT2D eigenvalue weighted by Crippen LogP contribution is 2.59. The zero-order chi connectivity index (χ0) is 40.7. The Bertz CT molecular complexity index is 3280. The first-order valence-electron chi connectivity index (χ1n) is 21.4. The molecule has 2 aliphatic carbocycles. The molecule has 1 heteroatoms. The van der Waals surface area contributed by atoms with Gasteiger partial charge in [-0.15, -0.1) is 0 Å². The van der Waals surface area contributed by atoms with E-state index in [9.17, 15) is 0 Å². The summed E-state index contributed by atoms with van der Waals surface area (Å²) in [6.07, 6.45) is 0. The van der Waals surface area contributed by atoms with Crippen LogP contribution in [-0.4, -0.2) is 0 Å². The molecule has 0 fully saturated rings. The Hall–Kier alpha value is -7.48. The van der Waals surface area contributed by atoms with Gasteiger partial charge in [0.1, 0.15) is 0 Å². The lowest BCUT2D eigenvalue weighted by Gasteiger charge is -2.35. The summed E-state index contributed by atoms with van der Waals surface area (Å²) in [4.78, 5) is 2.52. The van der Waals surface area contributed by atoms with Gasteiger partial charge in [-0.05, 0) is 125 Å². The summed E-state index contributed by atoms with van der Waals surface area (Å²) < 4.78 is 0. The Morgan fingerprint density at radius 3 is 1.66 bits per heavy atom. The lowest BCUT2D eigenvalue weighted by Crippen LogP contribution is -2.28. The maximum absolute atomic E-state index is 2.52. The van der Waals surface area contributed by atoms with E-state index in [2.05, 4.69) is 243 Å². The second kappa shape index (κ2) is 13.5. The second-order valence-corrected chi connectivity index (χ2v) is 17.2. The van der Waals surface area contributed by atoms with E-state index in [0.717, 1.165) is 11.4 Å². The minimum Gasteiger partial charge on any atom is -0.310 e. The molecule has 0 atom stereocenters. The molecule has 0 radical (unpaired) electrons. The molecule has 0 saturated heterocycles. The average molecular weight is 778 g/mol. The van der Waals surface area contributed by atoms with Gasteiger partial charge in [0.25, 0.3) is 0 Å². The highest BCUT2D eigenvalue weighted by atomic mass is 15.1. The summed E-state index contributed by atoms with van der Waals surface area (Å²) >= 11 is 0. The van der Waals surface area contributed by atoms with Crippen LogP contribution in [-0.2, 0) is 10.8 Å². The highest BCUT2D eigenvalue weighted by Gasteiger charge is 2.46. The Balaban J connectivity index is 1.08. The van der Waals surface area contributed by atoms with Gasteiger partial charge in [-0.3, -0.25) is 0 Å². The van der Waals surface area contributed by atoms with Gasteiger partial charge in [0.05, 0.1) is 11.1 Å². The van der Waals surface area contributed by atoms with Gasteiger partial charge in [-0.1, -0.05) is 202 Å². The molecule has 61 heavy (non-hydrogen) atoms. The van der Waals surface area contributed by atoms with Crippen LogP contribution >= 0.6 is 0 Å². The predicted molar refractivity (Wildman–Crippen MR) is 256 cm³/mol. The van der Waals surface area contributed by atoms with Crippen LogP contribution in [0.2, 0.25) is 0 Å². The van der Waals surface area contributed by atoms with Crippen LogP contribution < -0.4 is 4.90 Å². The molecule has 10 aromatic carbocycles. The molecule has 12 rings (SSSR count). The van der Waals surface area contributed by atoms with Gasteiger partial charge in [0, 0.05) is 16.8 Å². The Morgan fingerprint density at radius 2 is 0.902 bits per heavy atom. The van der Waals surface area contributed by atoms with E-state index in [1.807, 2.05) is 0 Å². The third kappa shape index (κ3) is 5.20. The molecular weight excluding hydrogens is 735 g/mol. The van der Waals surface area contributed by atoms with E-state index in [1.165, 1.54) is 94.0 Å². The number of rotatable bonds is 6. The number of benzene rings is 10. The zero-order valence-corrected chi connectivity index (χ0v) is 34.3. The number of hydrogen-bond donors (Lipinski definition) is 0. The fourth-order valence-electron chi connectivity index (χ4n) is 11.0. The van der Waals surface area contributed by atoms with Gasteiger partial charge in [0.15, 0.2) is 0 Å². The molecule has 0 spiro atoms. The van der Waals surface area contributed by atoms with Gasteiger partial charge < -0.3 is 4.90 Å². The maximum Gasteiger partial charge on any atom is 0.0714 e. The first kappa shape index (κ1) is 35.5. The molecule has 0 amide bonds. The molecule has 0 bridgehead atoms. The fraction of sp³-hybridized carbons (Fsp3) is 0.0667. The molecule has 0 saturated carbocycles. The van der Waals surface area contributed by atoms with E-state index in [0.29, 0.717) is 0 Å².